The Labute approximate surface area is 285 Å². The van der Waals surface area contributed by atoms with Crippen LogP contribution in [0, 0.1) is 11.8 Å². The molecule has 0 bridgehead atoms. The number of rotatable bonds is 9. The summed E-state index contributed by atoms with van der Waals surface area (Å²) in [6, 6.07) is 9.67. The third kappa shape index (κ3) is 8.61. The van der Waals surface area contributed by atoms with E-state index in [0.29, 0.717) is 70.6 Å². The molecule has 4 amide bonds. The maximum absolute atomic E-state index is 13.9. The third-order valence-corrected chi connectivity index (χ3v) is 11.1. The minimum Gasteiger partial charge on any atom is -0.397 e. The summed E-state index contributed by atoms with van der Waals surface area (Å²) in [5.74, 6) is -1.08. The number of fused-ring (bicyclic) bond motifs is 1. The summed E-state index contributed by atoms with van der Waals surface area (Å²) in [6.07, 6.45) is -2.05. The molecule has 2 fully saturated rings. The first-order valence-electron chi connectivity index (χ1n) is 16.1. The smallest absolute Gasteiger partial charge is 0.397 e. The molecule has 2 atom stereocenters. The molecule has 0 saturated carbocycles. The number of likely N-dealkylation sites (tertiary alicyclic amines) is 2. The molecule has 3 aliphatic heterocycles. The molecule has 3 N–H and O–H groups in total. The van der Waals surface area contributed by atoms with Gasteiger partial charge in [-0.2, -0.15) is 13.2 Å². The SMILES string of the molecule is COS(=O)CC1CCN(C(=O)[C@H](CC(=O)N2CCC(N3CCc4ccccc4NC3=O)CC2)Cc2cc(Cl)c(N)c(C(F)(F)F)c2)CC1. The number of hydrogen-bond donors (Lipinski definition) is 2. The van der Waals surface area contributed by atoms with E-state index in [2.05, 4.69) is 5.32 Å². The quantitative estimate of drug-likeness (QED) is 0.348. The summed E-state index contributed by atoms with van der Waals surface area (Å²) in [7, 11) is 1.37. The van der Waals surface area contributed by atoms with Crippen molar-refractivity contribution in [3.63, 3.8) is 0 Å². The number of halogens is 4. The highest BCUT2D eigenvalue weighted by Gasteiger charge is 2.37. The van der Waals surface area contributed by atoms with Crippen molar-refractivity contribution in [1.82, 2.24) is 14.7 Å². The number of piperidine rings is 2. The standard InChI is InChI=1S/C33H41ClF3N5O5S/c1-47-48(46)20-21-6-11-41(12-7-21)31(44)24(16-22-17-26(33(35,36)37)30(38)27(34)18-22)19-29(43)40-13-9-25(10-14-40)42-15-8-23-4-2-3-5-28(23)39-32(42)45/h2-5,17-18,21,24-25H,6-16,19-20,38H2,1H3,(H,39,45)/t24-,48?/m0/s1. The lowest BCUT2D eigenvalue weighted by Crippen LogP contribution is -2.50. The molecule has 0 spiro atoms. The number of nitrogens with zero attached hydrogens (tertiary/aromatic N) is 3. The lowest BCUT2D eigenvalue weighted by Gasteiger charge is -2.38. The monoisotopic (exact) mass is 711 g/mol. The second-order valence-electron chi connectivity index (χ2n) is 12.7. The zero-order valence-electron chi connectivity index (χ0n) is 26.8. The number of amides is 4. The third-order valence-electron chi connectivity index (χ3n) is 9.63. The predicted octanol–water partition coefficient (Wildman–Crippen LogP) is 5.12. The summed E-state index contributed by atoms with van der Waals surface area (Å²) in [5.41, 5.74) is 5.98. The molecule has 3 aliphatic rings. The van der Waals surface area contributed by atoms with E-state index in [9.17, 15) is 31.8 Å². The Kier molecular flexibility index (Phi) is 11.6. The summed E-state index contributed by atoms with van der Waals surface area (Å²) < 4.78 is 58.0. The van der Waals surface area contributed by atoms with Crippen LogP contribution in [0.2, 0.25) is 5.02 Å². The fourth-order valence-corrected chi connectivity index (χ4v) is 8.00. The van der Waals surface area contributed by atoms with Gasteiger partial charge in [-0.25, -0.2) is 9.00 Å². The number of hydrogen-bond acceptors (Lipinski definition) is 6. The van der Waals surface area contributed by atoms with Gasteiger partial charge in [0.2, 0.25) is 11.8 Å². The Bertz CT molecular complexity index is 1530. The first kappa shape index (κ1) is 35.9. The minimum atomic E-state index is -4.75. The van der Waals surface area contributed by atoms with Gasteiger partial charge in [0.15, 0.2) is 11.1 Å². The van der Waals surface area contributed by atoms with Crippen LogP contribution < -0.4 is 11.1 Å². The lowest BCUT2D eigenvalue weighted by atomic mass is 9.90. The van der Waals surface area contributed by atoms with Gasteiger partial charge in [0.1, 0.15) is 0 Å². The summed E-state index contributed by atoms with van der Waals surface area (Å²) in [6.45, 7) is 2.07. The summed E-state index contributed by atoms with van der Waals surface area (Å²) in [4.78, 5) is 45.7. The topological polar surface area (TPSA) is 125 Å². The molecule has 10 nitrogen and oxygen atoms in total. The fourth-order valence-electron chi connectivity index (χ4n) is 6.90. The van der Waals surface area contributed by atoms with Crippen LogP contribution in [0.3, 0.4) is 0 Å². The van der Waals surface area contributed by atoms with E-state index in [-0.39, 0.29) is 53.2 Å². The van der Waals surface area contributed by atoms with E-state index in [1.807, 2.05) is 29.2 Å². The van der Waals surface area contributed by atoms with E-state index in [1.165, 1.54) is 13.2 Å². The van der Waals surface area contributed by atoms with E-state index in [0.717, 1.165) is 17.3 Å². The molecule has 15 heteroatoms. The zero-order valence-corrected chi connectivity index (χ0v) is 28.3. The van der Waals surface area contributed by atoms with Crippen LogP contribution in [0.1, 0.15) is 48.8 Å². The van der Waals surface area contributed by atoms with Crippen LogP contribution >= 0.6 is 11.6 Å². The molecule has 48 heavy (non-hydrogen) atoms. The fraction of sp³-hybridized carbons (Fsp3) is 0.545. The predicted molar refractivity (Wildman–Crippen MR) is 177 cm³/mol. The normalized spacial score (nSPS) is 19.4. The van der Waals surface area contributed by atoms with Crippen molar-refractivity contribution in [2.24, 2.45) is 11.8 Å². The van der Waals surface area contributed by atoms with E-state index in [4.69, 9.17) is 21.5 Å². The second kappa shape index (κ2) is 15.5. The molecule has 2 aromatic rings. The molecule has 3 heterocycles. The summed E-state index contributed by atoms with van der Waals surface area (Å²) >= 11 is 4.68. The molecule has 5 rings (SSSR count). The van der Waals surface area contributed by atoms with Crippen LogP contribution in [0.15, 0.2) is 36.4 Å². The van der Waals surface area contributed by atoms with Gasteiger partial charge in [0.25, 0.3) is 0 Å². The molecule has 0 aliphatic carbocycles. The first-order valence-corrected chi connectivity index (χ1v) is 17.8. The van der Waals surface area contributed by atoms with Crippen molar-refractivity contribution < 1.29 is 35.9 Å². The van der Waals surface area contributed by atoms with Gasteiger partial charge < -0.3 is 25.8 Å². The van der Waals surface area contributed by atoms with Crippen LogP contribution in [0.5, 0.6) is 0 Å². The van der Waals surface area contributed by atoms with Gasteiger partial charge in [-0.15, -0.1) is 0 Å². The Morgan fingerprint density at radius 1 is 1.06 bits per heavy atom. The van der Waals surface area contributed by atoms with Crippen molar-refractivity contribution in [3.05, 3.63) is 58.1 Å². The molecule has 2 saturated heterocycles. The Morgan fingerprint density at radius 2 is 1.73 bits per heavy atom. The highest BCUT2D eigenvalue weighted by Crippen LogP contribution is 2.38. The number of para-hydroxylation sites is 1. The van der Waals surface area contributed by atoms with Gasteiger partial charge in [-0.1, -0.05) is 29.8 Å². The van der Waals surface area contributed by atoms with Crippen LogP contribution in [0.25, 0.3) is 0 Å². The number of nitrogens with two attached hydrogens (primary N) is 1. The maximum Gasteiger partial charge on any atom is 0.418 e. The van der Waals surface area contributed by atoms with Crippen molar-refractivity contribution >= 4 is 51.9 Å². The van der Waals surface area contributed by atoms with Gasteiger partial charge in [-0.05, 0) is 73.8 Å². The van der Waals surface area contributed by atoms with E-state index in [1.54, 1.807) is 9.80 Å². The van der Waals surface area contributed by atoms with Crippen molar-refractivity contribution in [1.29, 1.82) is 0 Å². The van der Waals surface area contributed by atoms with Crippen LogP contribution in [-0.4, -0.2) is 88.4 Å². The Hall–Kier alpha value is -3.36. The number of carbonyl (C=O) groups excluding carboxylic acids is 3. The minimum absolute atomic E-state index is 0.0627. The zero-order chi connectivity index (χ0) is 34.6. The van der Waals surface area contributed by atoms with Crippen LogP contribution in [0.4, 0.5) is 29.3 Å². The molecular formula is C33H41ClF3N5O5S. The molecule has 2 aromatic carbocycles. The number of urea groups is 1. The highest BCUT2D eigenvalue weighted by atomic mass is 35.5. The lowest BCUT2D eigenvalue weighted by molar-refractivity contribution is -0.142. The van der Waals surface area contributed by atoms with E-state index < -0.39 is 34.4 Å². The average molecular weight is 712 g/mol. The van der Waals surface area contributed by atoms with Crippen molar-refractivity contribution in [2.45, 2.75) is 57.2 Å². The van der Waals surface area contributed by atoms with Crippen molar-refractivity contribution in [2.75, 3.05) is 56.6 Å². The van der Waals surface area contributed by atoms with Crippen LogP contribution in [-0.2, 0) is 43.9 Å². The average Bonchev–Trinajstić information content (AvgIpc) is 3.23. The second-order valence-corrected chi connectivity index (χ2v) is 14.4. The highest BCUT2D eigenvalue weighted by molar-refractivity contribution is 7.80. The van der Waals surface area contributed by atoms with Gasteiger partial charge >= 0.3 is 12.2 Å². The summed E-state index contributed by atoms with van der Waals surface area (Å²) in [5, 5.41) is 2.72. The molecule has 1 unspecified atom stereocenters. The van der Waals surface area contributed by atoms with Gasteiger partial charge in [0, 0.05) is 50.9 Å². The number of benzene rings is 2. The Morgan fingerprint density at radius 3 is 2.40 bits per heavy atom. The number of nitrogens with one attached hydrogen (secondary N) is 1. The molecule has 262 valence electrons. The van der Waals surface area contributed by atoms with Gasteiger partial charge in [0.05, 0.1) is 35.1 Å². The Balaban J connectivity index is 1.26. The number of anilines is 2. The number of nitrogen functional groups attached to an aromatic ring is 1. The van der Waals surface area contributed by atoms with Gasteiger partial charge in [-0.3, -0.25) is 13.8 Å². The van der Waals surface area contributed by atoms with E-state index >= 15 is 0 Å². The maximum atomic E-state index is 13.9. The molecular weight excluding hydrogens is 671 g/mol. The number of alkyl halides is 3. The molecule has 0 radical (unpaired) electrons. The molecule has 0 aromatic heterocycles. The number of carbonyl (C=O) groups is 3. The largest absolute Gasteiger partial charge is 0.418 e. The van der Waals surface area contributed by atoms with Crippen molar-refractivity contribution in [3.8, 4) is 0 Å². The first-order chi connectivity index (χ1) is 22.8.